The standard InChI is InChI=1S/C14H20O4/c1-3-7-17-8-4-9-18-13-6-5-12(11-15)10-14(13)16-2/h5-6,10-11H,3-4,7-9H2,1-2H3. The fourth-order valence-electron chi connectivity index (χ4n) is 1.47. The molecule has 1 aromatic rings. The molecule has 4 heteroatoms. The summed E-state index contributed by atoms with van der Waals surface area (Å²) < 4.78 is 16.1. The first-order valence-electron chi connectivity index (χ1n) is 6.15. The third-order valence-corrected chi connectivity index (χ3v) is 2.36. The molecule has 0 saturated carbocycles. The van der Waals surface area contributed by atoms with Gasteiger partial charge in [-0.3, -0.25) is 4.79 Å². The molecule has 0 radical (unpaired) electrons. The van der Waals surface area contributed by atoms with Crippen LogP contribution in [0.25, 0.3) is 0 Å². The van der Waals surface area contributed by atoms with Gasteiger partial charge >= 0.3 is 0 Å². The maximum Gasteiger partial charge on any atom is 0.161 e. The molecule has 0 amide bonds. The summed E-state index contributed by atoms with van der Waals surface area (Å²) >= 11 is 0. The summed E-state index contributed by atoms with van der Waals surface area (Å²) in [5.74, 6) is 1.23. The Morgan fingerprint density at radius 3 is 2.67 bits per heavy atom. The average Bonchev–Trinajstić information content (AvgIpc) is 2.42. The zero-order valence-corrected chi connectivity index (χ0v) is 11.0. The van der Waals surface area contributed by atoms with Crippen molar-refractivity contribution in [2.75, 3.05) is 26.9 Å². The van der Waals surface area contributed by atoms with Gasteiger partial charge in [0.1, 0.15) is 6.29 Å². The van der Waals surface area contributed by atoms with Crippen molar-refractivity contribution in [2.45, 2.75) is 19.8 Å². The minimum absolute atomic E-state index is 0.570. The van der Waals surface area contributed by atoms with E-state index in [1.165, 1.54) is 0 Å². The van der Waals surface area contributed by atoms with Gasteiger partial charge in [0.2, 0.25) is 0 Å². The molecule has 0 spiro atoms. The molecule has 0 fully saturated rings. The summed E-state index contributed by atoms with van der Waals surface area (Å²) in [6.45, 7) is 4.14. The summed E-state index contributed by atoms with van der Waals surface area (Å²) in [4.78, 5) is 10.6. The first-order chi connectivity index (χ1) is 8.81. The quantitative estimate of drug-likeness (QED) is 0.500. The molecule has 1 aromatic carbocycles. The second kappa shape index (κ2) is 8.53. The average molecular weight is 252 g/mol. The van der Waals surface area contributed by atoms with Crippen molar-refractivity contribution in [3.63, 3.8) is 0 Å². The highest BCUT2D eigenvalue weighted by Gasteiger charge is 2.05. The van der Waals surface area contributed by atoms with Crippen molar-refractivity contribution in [2.24, 2.45) is 0 Å². The van der Waals surface area contributed by atoms with Crippen LogP contribution < -0.4 is 9.47 Å². The number of carbonyl (C=O) groups excluding carboxylic acids is 1. The van der Waals surface area contributed by atoms with Gasteiger partial charge in [0.05, 0.1) is 13.7 Å². The zero-order chi connectivity index (χ0) is 13.2. The van der Waals surface area contributed by atoms with E-state index < -0.39 is 0 Å². The van der Waals surface area contributed by atoms with Crippen LogP contribution in [0.4, 0.5) is 0 Å². The van der Waals surface area contributed by atoms with Crippen LogP contribution in [-0.4, -0.2) is 33.2 Å². The third kappa shape index (κ3) is 4.75. The van der Waals surface area contributed by atoms with Crippen LogP contribution in [0, 0.1) is 0 Å². The lowest BCUT2D eigenvalue weighted by Gasteiger charge is -2.11. The molecule has 18 heavy (non-hydrogen) atoms. The summed E-state index contributed by atoms with van der Waals surface area (Å²) in [6, 6.07) is 5.11. The maximum atomic E-state index is 10.6. The molecule has 0 atom stereocenters. The van der Waals surface area contributed by atoms with Crippen molar-refractivity contribution in [1.82, 2.24) is 0 Å². The van der Waals surface area contributed by atoms with E-state index in [9.17, 15) is 4.79 Å². The highest BCUT2D eigenvalue weighted by atomic mass is 16.5. The van der Waals surface area contributed by atoms with Crippen molar-refractivity contribution in [1.29, 1.82) is 0 Å². The minimum Gasteiger partial charge on any atom is -0.493 e. The van der Waals surface area contributed by atoms with Crippen molar-refractivity contribution in [3.05, 3.63) is 23.8 Å². The predicted molar refractivity (Wildman–Crippen MR) is 69.6 cm³/mol. The summed E-state index contributed by atoms with van der Waals surface area (Å²) in [7, 11) is 1.56. The summed E-state index contributed by atoms with van der Waals surface area (Å²) in [5, 5.41) is 0. The van der Waals surface area contributed by atoms with Gasteiger partial charge in [0.15, 0.2) is 11.5 Å². The number of hydrogen-bond acceptors (Lipinski definition) is 4. The van der Waals surface area contributed by atoms with Crippen LogP contribution in [0.3, 0.4) is 0 Å². The lowest BCUT2D eigenvalue weighted by Crippen LogP contribution is -2.04. The topological polar surface area (TPSA) is 44.8 Å². The fraction of sp³-hybridized carbons (Fsp3) is 0.500. The minimum atomic E-state index is 0.570. The Kier molecular flexibility index (Phi) is 6.87. The Morgan fingerprint density at radius 2 is 2.00 bits per heavy atom. The third-order valence-electron chi connectivity index (χ3n) is 2.36. The second-order valence-corrected chi connectivity index (χ2v) is 3.84. The number of hydrogen-bond donors (Lipinski definition) is 0. The molecule has 0 N–H and O–H groups in total. The monoisotopic (exact) mass is 252 g/mol. The lowest BCUT2D eigenvalue weighted by molar-refractivity contribution is 0.112. The molecule has 0 saturated heterocycles. The summed E-state index contributed by atoms with van der Waals surface area (Å²) in [5.41, 5.74) is 0.575. The van der Waals surface area contributed by atoms with E-state index in [1.54, 1.807) is 25.3 Å². The van der Waals surface area contributed by atoms with E-state index in [0.717, 1.165) is 25.7 Å². The van der Waals surface area contributed by atoms with Gasteiger partial charge in [-0.2, -0.15) is 0 Å². The Balaban J connectivity index is 2.39. The molecule has 100 valence electrons. The molecule has 0 aliphatic heterocycles. The van der Waals surface area contributed by atoms with Crippen LogP contribution in [-0.2, 0) is 4.74 Å². The molecular weight excluding hydrogens is 232 g/mol. The fourth-order valence-corrected chi connectivity index (χ4v) is 1.47. The molecule has 0 bridgehead atoms. The van der Waals surface area contributed by atoms with Crippen LogP contribution in [0.5, 0.6) is 11.5 Å². The molecule has 4 nitrogen and oxygen atoms in total. The van der Waals surface area contributed by atoms with Crippen molar-refractivity contribution < 1.29 is 19.0 Å². The van der Waals surface area contributed by atoms with Gasteiger partial charge in [0, 0.05) is 25.2 Å². The highest BCUT2D eigenvalue weighted by molar-refractivity contribution is 5.76. The van der Waals surface area contributed by atoms with Gasteiger partial charge < -0.3 is 14.2 Å². The normalized spacial score (nSPS) is 10.1. The van der Waals surface area contributed by atoms with Gasteiger partial charge in [-0.1, -0.05) is 6.92 Å². The Labute approximate surface area is 108 Å². The molecule has 0 aliphatic carbocycles. The number of carbonyl (C=O) groups is 1. The van der Waals surface area contributed by atoms with Crippen LogP contribution in [0.2, 0.25) is 0 Å². The molecule has 0 heterocycles. The van der Waals surface area contributed by atoms with Crippen molar-refractivity contribution in [3.8, 4) is 11.5 Å². The van der Waals surface area contributed by atoms with E-state index in [2.05, 4.69) is 6.92 Å². The number of ether oxygens (including phenoxy) is 3. The van der Waals surface area contributed by atoms with E-state index in [0.29, 0.717) is 30.3 Å². The first kappa shape index (κ1) is 14.5. The Morgan fingerprint density at radius 1 is 1.17 bits per heavy atom. The molecular formula is C14H20O4. The maximum absolute atomic E-state index is 10.6. The van der Waals surface area contributed by atoms with Gasteiger partial charge in [-0.15, -0.1) is 0 Å². The van der Waals surface area contributed by atoms with Crippen LogP contribution >= 0.6 is 0 Å². The number of aldehydes is 1. The summed E-state index contributed by atoms with van der Waals surface area (Å²) in [6.07, 6.45) is 2.64. The predicted octanol–water partition coefficient (Wildman–Crippen LogP) is 2.70. The first-order valence-corrected chi connectivity index (χ1v) is 6.15. The van der Waals surface area contributed by atoms with E-state index in [4.69, 9.17) is 14.2 Å². The smallest absolute Gasteiger partial charge is 0.161 e. The highest BCUT2D eigenvalue weighted by Crippen LogP contribution is 2.27. The van der Waals surface area contributed by atoms with E-state index in [1.807, 2.05) is 0 Å². The van der Waals surface area contributed by atoms with Gasteiger partial charge in [-0.05, 0) is 24.6 Å². The Hall–Kier alpha value is -1.55. The Bertz CT molecular complexity index is 363. The van der Waals surface area contributed by atoms with Crippen LogP contribution in [0.15, 0.2) is 18.2 Å². The number of rotatable bonds is 9. The second-order valence-electron chi connectivity index (χ2n) is 3.84. The zero-order valence-electron chi connectivity index (χ0n) is 11.0. The molecule has 0 unspecified atom stereocenters. The van der Waals surface area contributed by atoms with Gasteiger partial charge in [0.25, 0.3) is 0 Å². The number of benzene rings is 1. The molecule has 1 rings (SSSR count). The van der Waals surface area contributed by atoms with Crippen molar-refractivity contribution >= 4 is 6.29 Å². The molecule has 0 aromatic heterocycles. The van der Waals surface area contributed by atoms with E-state index in [-0.39, 0.29) is 0 Å². The largest absolute Gasteiger partial charge is 0.493 e. The number of methoxy groups -OCH3 is 1. The van der Waals surface area contributed by atoms with Crippen LogP contribution in [0.1, 0.15) is 30.1 Å². The van der Waals surface area contributed by atoms with E-state index >= 15 is 0 Å². The SMILES string of the molecule is CCCOCCCOc1ccc(C=O)cc1OC. The van der Waals surface area contributed by atoms with Gasteiger partial charge in [-0.25, -0.2) is 0 Å². The molecule has 0 aliphatic rings. The lowest BCUT2D eigenvalue weighted by atomic mass is 10.2.